The molecule has 2 heterocycles. The summed E-state index contributed by atoms with van der Waals surface area (Å²) in [5.74, 6) is 1.51. The Balaban J connectivity index is 1.64. The predicted molar refractivity (Wildman–Crippen MR) is 99.9 cm³/mol. The Morgan fingerprint density at radius 3 is 2.83 bits per heavy atom. The van der Waals surface area contributed by atoms with Gasteiger partial charge in [0, 0.05) is 10.9 Å². The fourth-order valence-corrected chi connectivity index (χ4v) is 5.66. The maximum atomic E-state index is 12.7. The van der Waals surface area contributed by atoms with E-state index in [-0.39, 0.29) is 11.6 Å². The molecule has 2 N–H and O–H groups in total. The second-order valence-corrected chi connectivity index (χ2v) is 8.79. The van der Waals surface area contributed by atoms with Gasteiger partial charge in [-0.05, 0) is 50.5 Å². The number of aromatic nitrogens is 2. The molecular formula is C19H27N3OS. The average molecular weight is 346 g/mol. The van der Waals surface area contributed by atoms with Crippen LogP contribution in [0, 0.1) is 5.92 Å². The molecule has 1 fully saturated rings. The summed E-state index contributed by atoms with van der Waals surface area (Å²) in [6, 6.07) is 0.662. The van der Waals surface area contributed by atoms with E-state index in [1.807, 2.05) is 0 Å². The van der Waals surface area contributed by atoms with Crippen LogP contribution in [0.1, 0.15) is 74.7 Å². The molecule has 0 saturated heterocycles. The molecule has 0 bridgehead atoms. The summed E-state index contributed by atoms with van der Waals surface area (Å²) in [4.78, 5) is 22.9. The van der Waals surface area contributed by atoms with Crippen molar-refractivity contribution < 1.29 is 0 Å². The molecule has 1 saturated carbocycles. The van der Waals surface area contributed by atoms with Crippen molar-refractivity contribution in [1.82, 2.24) is 15.3 Å². The van der Waals surface area contributed by atoms with Crippen LogP contribution >= 0.6 is 11.3 Å². The minimum atomic E-state index is 0.0550. The van der Waals surface area contributed by atoms with Crippen LogP contribution in [-0.4, -0.2) is 16.0 Å². The van der Waals surface area contributed by atoms with Crippen molar-refractivity contribution >= 4 is 21.6 Å². The van der Waals surface area contributed by atoms with E-state index >= 15 is 0 Å². The Kier molecular flexibility index (Phi) is 4.48. The van der Waals surface area contributed by atoms with Gasteiger partial charge in [-0.3, -0.25) is 4.79 Å². The third-order valence-corrected chi connectivity index (χ3v) is 6.83. The highest BCUT2D eigenvalue weighted by Gasteiger charge is 2.24. The van der Waals surface area contributed by atoms with Crippen LogP contribution < -0.4 is 10.9 Å². The highest BCUT2D eigenvalue weighted by Crippen LogP contribution is 2.35. The van der Waals surface area contributed by atoms with Crippen LogP contribution in [0.15, 0.2) is 4.79 Å². The number of thiophene rings is 1. The van der Waals surface area contributed by atoms with E-state index in [9.17, 15) is 4.79 Å². The van der Waals surface area contributed by atoms with E-state index in [2.05, 4.69) is 24.1 Å². The van der Waals surface area contributed by atoms with E-state index in [0.717, 1.165) is 34.8 Å². The Morgan fingerprint density at radius 1 is 1.25 bits per heavy atom. The molecule has 2 atom stereocenters. The summed E-state index contributed by atoms with van der Waals surface area (Å²) in [6.07, 6.45) is 9.75. The van der Waals surface area contributed by atoms with E-state index in [1.165, 1.54) is 49.0 Å². The number of aryl methyl sites for hydroxylation is 1. The molecule has 5 heteroatoms. The first-order valence-corrected chi connectivity index (χ1v) is 10.2. The fourth-order valence-electron chi connectivity index (χ4n) is 4.27. The van der Waals surface area contributed by atoms with Crippen LogP contribution in [0.25, 0.3) is 10.2 Å². The first-order chi connectivity index (χ1) is 11.6. The zero-order chi connectivity index (χ0) is 16.7. The van der Waals surface area contributed by atoms with Gasteiger partial charge in [-0.2, -0.15) is 0 Å². The standard InChI is InChI=1S/C19H27N3OS/c1-11-8-9-14-15(10-11)24-19-16(14)18(23)21-17(22-19)12(2)20-13-6-4-3-5-7-13/h11-13,20H,3-10H2,1-2H3,(H,21,22,23)/t11-,12+/m1/s1. The molecule has 2 aliphatic carbocycles. The molecule has 24 heavy (non-hydrogen) atoms. The monoisotopic (exact) mass is 345 g/mol. The van der Waals surface area contributed by atoms with Crippen LogP contribution in [0.4, 0.5) is 0 Å². The van der Waals surface area contributed by atoms with Crippen LogP contribution in [0.5, 0.6) is 0 Å². The Morgan fingerprint density at radius 2 is 2.04 bits per heavy atom. The summed E-state index contributed by atoms with van der Waals surface area (Å²) in [6.45, 7) is 4.42. The molecule has 4 nitrogen and oxygen atoms in total. The summed E-state index contributed by atoms with van der Waals surface area (Å²) in [7, 11) is 0. The average Bonchev–Trinajstić information content (AvgIpc) is 2.93. The van der Waals surface area contributed by atoms with Crippen molar-refractivity contribution in [3.05, 3.63) is 26.6 Å². The Hall–Kier alpha value is -1.20. The molecular weight excluding hydrogens is 318 g/mol. The lowest BCUT2D eigenvalue weighted by molar-refractivity contribution is 0.342. The van der Waals surface area contributed by atoms with E-state index in [0.29, 0.717) is 6.04 Å². The molecule has 2 aromatic heterocycles. The van der Waals surface area contributed by atoms with Gasteiger partial charge in [0.05, 0.1) is 11.4 Å². The highest BCUT2D eigenvalue weighted by atomic mass is 32.1. The molecule has 0 aliphatic heterocycles. The van der Waals surface area contributed by atoms with Gasteiger partial charge in [0.1, 0.15) is 10.7 Å². The van der Waals surface area contributed by atoms with Crippen molar-refractivity contribution in [2.45, 2.75) is 77.3 Å². The second-order valence-electron chi connectivity index (χ2n) is 7.71. The smallest absolute Gasteiger partial charge is 0.259 e. The van der Waals surface area contributed by atoms with Crippen molar-refractivity contribution in [2.24, 2.45) is 5.92 Å². The van der Waals surface area contributed by atoms with Crippen LogP contribution in [0.3, 0.4) is 0 Å². The van der Waals surface area contributed by atoms with Crippen molar-refractivity contribution in [3.63, 3.8) is 0 Å². The quantitative estimate of drug-likeness (QED) is 0.881. The zero-order valence-electron chi connectivity index (χ0n) is 14.7. The summed E-state index contributed by atoms with van der Waals surface area (Å²) in [5, 5.41) is 4.52. The van der Waals surface area contributed by atoms with Gasteiger partial charge in [-0.25, -0.2) is 4.98 Å². The van der Waals surface area contributed by atoms with Crippen LogP contribution in [0.2, 0.25) is 0 Å². The van der Waals surface area contributed by atoms with Gasteiger partial charge < -0.3 is 10.3 Å². The molecule has 2 aromatic rings. The van der Waals surface area contributed by atoms with Crippen molar-refractivity contribution in [2.75, 3.05) is 0 Å². The highest BCUT2D eigenvalue weighted by molar-refractivity contribution is 7.18. The number of H-pyrrole nitrogens is 1. The molecule has 0 aromatic carbocycles. The lowest BCUT2D eigenvalue weighted by atomic mass is 9.89. The molecule has 4 rings (SSSR count). The molecule has 2 aliphatic rings. The van der Waals surface area contributed by atoms with Gasteiger partial charge >= 0.3 is 0 Å². The van der Waals surface area contributed by atoms with Gasteiger partial charge in [0.25, 0.3) is 5.56 Å². The first kappa shape index (κ1) is 16.3. The fraction of sp³-hybridized carbons (Fsp3) is 0.684. The minimum absolute atomic E-state index is 0.0550. The van der Waals surface area contributed by atoms with E-state index < -0.39 is 0 Å². The van der Waals surface area contributed by atoms with Crippen LogP contribution in [-0.2, 0) is 12.8 Å². The number of aromatic amines is 1. The number of hydrogen-bond donors (Lipinski definition) is 2. The number of nitrogens with zero attached hydrogens (tertiary/aromatic N) is 1. The Bertz CT molecular complexity index is 788. The molecule has 0 amide bonds. The largest absolute Gasteiger partial charge is 0.309 e. The number of fused-ring (bicyclic) bond motifs is 3. The summed E-state index contributed by atoms with van der Waals surface area (Å²) in [5.41, 5.74) is 1.32. The van der Waals surface area contributed by atoms with Crippen molar-refractivity contribution in [1.29, 1.82) is 0 Å². The van der Waals surface area contributed by atoms with Gasteiger partial charge in [-0.15, -0.1) is 11.3 Å². The molecule has 0 radical (unpaired) electrons. The maximum Gasteiger partial charge on any atom is 0.259 e. The topological polar surface area (TPSA) is 57.8 Å². The van der Waals surface area contributed by atoms with E-state index in [1.54, 1.807) is 11.3 Å². The molecule has 0 unspecified atom stereocenters. The summed E-state index contributed by atoms with van der Waals surface area (Å²) >= 11 is 1.74. The Labute approximate surface area is 147 Å². The number of rotatable bonds is 3. The number of nitrogens with one attached hydrogen (secondary N) is 2. The van der Waals surface area contributed by atoms with Gasteiger partial charge in [-0.1, -0.05) is 26.2 Å². The second kappa shape index (κ2) is 6.60. The normalized spacial score (nSPS) is 23.3. The van der Waals surface area contributed by atoms with Crippen molar-refractivity contribution in [3.8, 4) is 0 Å². The third-order valence-electron chi connectivity index (χ3n) is 5.68. The lowest BCUT2D eigenvalue weighted by Crippen LogP contribution is -2.34. The lowest BCUT2D eigenvalue weighted by Gasteiger charge is -2.26. The molecule has 130 valence electrons. The SMILES string of the molecule is C[C@@H]1CCc2c(sc3nc([C@H](C)NC4CCCCC4)[nH]c(=O)c23)C1. The minimum Gasteiger partial charge on any atom is -0.309 e. The first-order valence-electron chi connectivity index (χ1n) is 9.42. The third kappa shape index (κ3) is 3.04. The maximum absolute atomic E-state index is 12.7. The number of hydrogen-bond acceptors (Lipinski definition) is 4. The van der Waals surface area contributed by atoms with E-state index in [4.69, 9.17) is 4.98 Å². The van der Waals surface area contributed by atoms with Gasteiger partial charge in [0.2, 0.25) is 0 Å². The summed E-state index contributed by atoms with van der Waals surface area (Å²) < 4.78 is 0. The zero-order valence-corrected chi connectivity index (χ0v) is 15.5. The molecule has 0 spiro atoms. The van der Waals surface area contributed by atoms with Gasteiger partial charge in [0.15, 0.2) is 0 Å². The predicted octanol–water partition coefficient (Wildman–Crippen LogP) is 4.09.